The first-order valence-corrected chi connectivity index (χ1v) is 8.78. The van der Waals surface area contributed by atoms with Crippen molar-refractivity contribution in [1.82, 2.24) is 34.6 Å². The molecule has 4 aromatic rings. The fraction of sp³-hybridized carbons (Fsp3) is 0.278. The molecule has 1 aromatic carbocycles. The number of aryl methyl sites for hydroxylation is 1. The number of nitrogens with zero attached hydrogens (tertiary/aromatic N) is 6. The Morgan fingerprint density at radius 1 is 1.36 bits per heavy atom. The van der Waals surface area contributed by atoms with Crippen LogP contribution in [0.1, 0.15) is 33.9 Å². The predicted octanol–water partition coefficient (Wildman–Crippen LogP) is 1.48. The number of nitrogens with one attached hydrogen (secondary N) is 1. The second-order valence-electron chi connectivity index (χ2n) is 6.48. The number of para-hydroxylation sites is 1. The Bertz CT molecular complexity index is 1180. The average Bonchev–Trinajstić information content (AvgIpc) is 3.44. The Morgan fingerprint density at radius 3 is 3.04 bits per heavy atom. The highest BCUT2D eigenvalue weighted by Gasteiger charge is 2.39. The second-order valence-corrected chi connectivity index (χ2v) is 6.48. The zero-order valence-electron chi connectivity index (χ0n) is 15.3. The van der Waals surface area contributed by atoms with E-state index in [-0.39, 0.29) is 11.7 Å². The molecule has 10 nitrogen and oxygen atoms in total. The molecule has 142 valence electrons. The van der Waals surface area contributed by atoms with Crippen molar-refractivity contribution in [2.75, 3.05) is 13.7 Å². The van der Waals surface area contributed by atoms with Crippen LogP contribution < -0.4 is 4.74 Å². The molecule has 4 heterocycles. The lowest BCUT2D eigenvalue weighted by atomic mass is 10.0. The second kappa shape index (κ2) is 6.19. The first kappa shape index (κ1) is 16.5. The molecule has 0 saturated heterocycles. The van der Waals surface area contributed by atoms with Crippen LogP contribution in [0, 0.1) is 0 Å². The fourth-order valence-corrected chi connectivity index (χ4v) is 3.59. The van der Waals surface area contributed by atoms with E-state index in [0.29, 0.717) is 41.4 Å². The average molecular weight is 379 g/mol. The van der Waals surface area contributed by atoms with Crippen molar-refractivity contribution in [3.8, 4) is 5.75 Å². The summed E-state index contributed by atoms with van der Waals surface area (Å²) in [5.41, 5.74) is 2.87. The van der Waals surface area contributed by atoms with E-state index in [0.717, 1.165) is 5.69 Å². The van der Waals surface area contributed by atoms with Crippen molar-refractivity contribution >= 4 is 17.0 Å². The lowest BCUT2D eigenvalue weighted by molar-refractivity contribution is 0.0650. The van der Waals surface area contributed by atoms with Crippen LogP contribution in [0.15, 0.2) is 35.3 Å². The Hall–Kier alpha value is -3.69. The molecule has 0 unspecified atom stereocenters. The van der Waals surface area contributed by atoms with Gasteiger partial charge in [0.05, 0.1) is 19.1 Å². The molecule has 1 atom stereocenters. The molecule has 10 heteroatoms. The molecule has 3 aromatic heterocycles. The monoisotopic (exact) mass is 379 g/mol. The highest BCUT2D eigenvalue weighted by molar-refractivity contribution is 5.91. The maximum absolute atomic E-state index is 13.2. The minimum absolute atomic E-state index is 0.248. The van der Waals surface area contributed by atoms with Gasteiger partial charge in [-0.25, -0.2) is 19.6 Å². The summed E-state index contributed by atoms with van der Waals surface area (Å²) in [6.45, 7) is 0.474. The summed E-state index contributed by atoms with van der Waals surface area (Å²) in [6, 6.07) is 4.89. The molecular weight excluding hydrogens is 362 g/mol. The molecule has 0 fully saturated rings. The van der Waals surface area contributed by atoms with Gasteiger partial charge in [-0.3, -0.25) is 4.79 Å². The van der Waals surface area contributed by atoms with Gasteiger partial charge in [0.25, 0.3) is 5.91 Å². The number of rotatable bonds is 3. The van der Waals surface area contributed by atoms with E-state index in [4.69, 9.17) is 9.15 Å². The van der Waals surface area contributed by atoms with Crippen LogP contribution in [-0.2, 0) is 13.5 Å². The van der Waals surface area contributed by atoms with Crippen LogP contribution in [0.3, 0.4) is 0 Å². The number of ether oxygens (including phenoxy) is 1. The summed E-state index contributed by atoms with van der Waals surface area (Å²) in [7, 11) is 3.27. The number of aromatic nitrogens is 6. The van der Waals surface area contributed by atoms with Crippen molar-refractivity contribution in [3.05, 3.63) is 54.0 Å². The number of imidazole rings is 1. The van der Waals surface area contributed by atoms with Crippen LogP contribution >= 0.6 is 0 Å². The molecule has 1 aliphatic rings. The van der Waals surface area contributed by atoms with E-state index >= 15 is 0 Å². The highest BCUT2D eigenvalue weighted by atomic mass is 16.5. The fourth-order valence-electron chi connectivity index (χ4n) is 3.59. The lowest BCUT2D eigenvalue weighted by Crippen LogP contribution is -2.42. The van der Waals surface area contributed by atoms with Crippen LogP contribution in [0.2, 0.25) is 0 Å². The summed E-state index contributed by atoms with van der Waals surface area (Å²) >= 11 is 0. The van der Waals surface area contributed by atoms with Crippen molar-refractivity contribution in [2.24, 2.45) is 7.05 Å². The summed E-state index contributed by atoms with van der Waals surface area (Å²) in [6.07, 6.45) is 3.63. The Morgan fingerprint density at radius 2 is 2.25 bits per heavy atom. The maximum atomic E-state index is 13.2. The number of aromatic amines is 1. The number of fused-ring (bicyclic) bond motifs is 2. The van der Waals surface area contributed by atoms with Crippen LogP contribution in [0.4, 0.5) is 0 Å². The van der Waals surface area contributed by atoms with Crippen LogP contribution in [0.25, 0.3) is 11.1 Å². The molecular formula is C18H17N7O3. The lowest BCUT2D eigenvalue weighted by Gasteiger charge is -2.32. The Balaban J connectivity index is 1.65. The quantitative estimate of drug-likeness (QED) is 0.573. The molecule has 1 N–H and O–H groups in total. The standard InChI is InChI=1S/C18H17N7O3/c1-24-16(21-9-22-24)18(26)25-7-6-10-13(20-8-19-10)15(25)17-23-14-11(27-2)4-3-5-12(14)28-17/h3-5,8-9,15H,6-7H2,1-2H3,(H,19,20)/t15-/m0/s1. The molecule has 0 spiro atoms. The number of carbonyl (C=O) groups is 1. The van der Waals surface area contributed by atoms with Gasteiger partial charge in [0.15, 0.2) is 17.1 Å². The first-order chi connectivity index (χ1) is 13.7. The molecule has 0 saturated carbocycles. The number of H-pyrrole nitrogens is 1. The highest BCUT2D eigenvalue weighted by Crippen LogP contribution is 2.36. The summed E-state index contributed by atoms with van der Waals surface area (Å²) in [5, 5.41) is 4.00. The third kappa shape index (κ3) is 2.38. The van der Waals surface area contributed by atoms with E-state index in [1.54, 1.807) is 25.4 Å². The van der Waals surface area contributed by atoms with Gasteiger partial charge in [-0.1, -0.05) is 6.07 Å². The van der Waals surface area contributed by atoms with Gasteiger partial charge in [-0.05, 0) is 12.1 Å². The molecule has 0 bridgehead atoms. The van der Waals surface area contributed by atoms with Crippen molar-refractivity contribution in [2.45, 2.75) is 12.5 Å². The minimum Gasteiger partial charge on any atom is -0.494 e. The Labute approximate surface area is 159 Å². The largest absolute Gasteiger partial charge is 0.494 e. The van der Waals surface area contributed by atoms with Gasteiger partial charge >= 0.3 is 0 Å². The topological polar surface area (TPSA) is 115 Å². The Kier molecular flexibility index (Phi) is 3.64. The molecule has 0 radical (unpaired) electrons. The molecule has 1 aliphatic heterocycles. The van der Waals surface area contributed by atoms with Gasteiger partial charge in [-0.15, -0.1) is 0 Å². The van der Waals surface area contributed by atoms with Crippen molar-refractivity contribution in [3.63, 3.8) is 0 Å². The van der Waals surface area contributed by atoms with E-state index in [1.165, 1.54) is 11.0 Å². The van der Waals surface area contributed by atoms with Gasteiger partial charge in [-0.2, -0.15) is 5.10 Å². The number of carbonyl (C=O) groups excluding carboxylic acids is 1. The maximum Gasteiger partial charge on any atom is 0.292 e. The summed E-state index contributed by atoms with van der Waals surface area (Å²) in [4.78, 5) is 31.2. The third-order valence-electron chi connectivity index (χ3n) is 4.94. The zero-order chi connectivity index (χ0) is 19.3. The molecule has 0 aliphatic carbocycles. The predicted molar refractivity (Wildman–Crippen MR) is 96.7 cm³/mol. The number of hydrogen-bond acceptors (Lipinski definition) is 7. The van der Waals surface area contributed by atoms with E-state index in [2.05, 4.69) is 25.0 Å². The van der Waals surface area contributed by atoms with Crippen LogP contribution in [-0.4, -0.2) is 54.2 Å². The first-order valence-electron chi connectivity index (χ1n) is 8.78. The van der Waals surface area contributed by atoms with E-state index in [9.17, 15) is 4.79 Å². The smallest absolute Gasteiger partial charge is 0.292 e. The van der Waals surface area contributed by atoms with E-state index < -0.39 is 6.04 Å². The van der Waals surface area contributed by atoms with E-state index in [1.807, 2.05) is 18.2 Å². The van der Waals surface area contributed by atoms with Crippen LogP contribution in [0.5, 0.6) is 5.75 Å². The number of benzene rings is 1. The van der Waals surface area contributed by atoms with Gasteiger partial charge in [0.2, 0.25) is 11.7 Å². The third-order valence-corrected chi connectivity index (χ3v) is 4.94. The van der Waals surface area contributed by atoms with Crippen molar-refractivity contribution in [1.29, 1.82) is 0 Å². The van der Waals surface area contributed by atoms with Gasteiger partial charge < -0.3 is 19.0 Å². The minimum atomic E-state index is -0.573. The van der Waals surface area contributed by atoms with Crippen molar-refractivity contribution < 1.29 is 13.9 Å². The molecule has 1 amide bonds. The summed E-state index contributed by atoms with van der Waals surface area (Å²) in [5.74, 6) is 0.977. The zero-order valence-corrected chi connectivity index (χ0v) is 15.3. The number of methoxy groups -OCH3 is 1. The van der Waals surface area contributed by atoms with Gasteiger partial charge in [0, 0.05) is 25.7 Å². The van der Waals surface area contributed by atoms with Gasteiger partial charge in [0.1, 0.15) is 12.1 Å². The number of oxazole rings is 1. The molecule has 5 rings (SSSR count). The SMILES string of the molecule is COc1cccc2oc([C@@H]3c4nc[nH]c4CCN3C(=O)c3ncnn3C)nc12. The number of amides is 1. The normalized spacial score (nSPS) is 16.4. The summed E-state index contributed by atoms with van der Waals surface area (Å²) < 4.78 is 12.9. The molecule has 28 heavy (non-hydrogen) atoms. The number of hydrogen-bond donors (Lipinski definition) is 1.